The van der Waals surface area contributed by atoms with Crippen molar-refractivity contribution in [3.8, 4) is 0 Å². The van der Waals surface area contributed by atoms with Crippen molar-refractivity contribution in [1.82, 2.24) is 19.9 Å². The maximum atomic E-state index is 14.3. The third-order valence-corrected chi connectivity index (χ3v) is 5.75. The lowest BCUT2D eigenvalue weighted by molar-refractivity contribution is -0.124. The molecular formula is C23H25FN6O2. The van der Waals surface area contributed by atoms with Gasteiger partial charge < -0.3 is 16.4 Å². The molecule has 2 aromatic heterocycles. The molecule has 1 aliphatic heterocycles. The Morgan fingerprint density at radius 1 is 1.22 bits per heavy atom. The Morgan fingerprint density at radius 2 is 2.03 bits per heavy atom. The number of nitrogens with one attached hydrogen (secondary N) is 2. The van der Waals surface area contributed by atoms with Gasteiger partial charge in [-0.2, -0.15) is 0 Å². The SMILES string of the molecule is Cc1cccc(CNc2ncc3n(c2=O)[C@H](C(=O)NCc2ccc(N)nc2C)CC3)c1F. The standard InChI is InChI=1S/C23H25FN6O2/c1-13-4-3-5-16(20(13)24)11-26-21-23(32)30-17(12-27-21)7-8-18(30)22(31)28-10-15-6-9-19(25)29-14(15)2/h3-6,9,12,18H,7-8,10-11H2,1-2H3,(H2,25,29)(H,26,27)(H,28,31)/t18-/m0/s1. The average Bonchev–Trinajstić information content (AvgIpc) is 3.20. The van der Waals surface area contributed by atoms with E-state index in [1.54, 1.807) is 37.4 Å². The first-order valence-electron chi connectivity index (χ1n) is 10.4. The second-order valence-electron chi connectivity index (χ2n) is 7.93. The molecule has 4 N–H and O–H groups in total. The van der Waals surface area contributed by atoms with E-state index in [0.717, 1.165) is 11.3 Å². The highest BCUT2D eigenvalue weighted by atomic mass is 19.1. The van der Waals surface area contributed by atoms with E-state index >= 15 is 0 Å². The zero-order chi connectivity index (χ0) is 22.8. The number of aromatic nitrogens is 3. The van der Waals surface area contributed by atoms with Crippen LogP contribution in [0.5, 0.6) is 0 Å². The van der Waals surface area contributed by atoms with Crippen molar-refractivity contribution >= 4 is 17.5 Å². The summed E-state index contributed by atoms with van der Waals surface area (Å²) in [7, 11) is 0. The van der Waals surface area contributed by atoms with Crippen molar-refractivity contribution in [3.05, 3.63) is 80.8 Å². The minimum atomic E-state index is -0.626. The van der Waals surface area contributed by atoms with Crippen LogP contribution in [0, 0.1) is 19.7 Å². The molecule has 1 atom stereocenters. The van der Waals surface area contributed by atoms with Crippen LogP contribution in [-0.2, 0) is 24.3 Å². The molecule has 0 bridgehead atoms. The lowest BCUT2D eigenvalue weighted by Crippen LogP contribution is -2.36. The van der Waals surface area contributed by atoms with E-state index in [4.69, 9.17) is 5.73 Å². The Morgan fingerprint density at radius 3 is 2.81 bits per heavy atom. The van der Waals surface area contributed by atoms with Gasteiger partial charge in [-0.25, -0.2) is 14.4 Å². The number of rotatable bonds is 6. The van der Waals surface area contributed by atoms with E-state index in [0.29, 0.717) is 42.0 Å². The van der Waals surface area contributed by atoms with E-state index in [2.05, 4.69) is 20.6 Å². The fourth-order valence-electron chi connectivity index (χ4n) is 3.93. The topological polar surface area (TPSA) is 115 Å². The number of nitrogens with zero attached hydrogens (tertiary/aromatic N) is 3. The van der Waals surface area contributed by atoms with Crippen molar-refractivity contribution in [2.75, 3.05) is 11.1 Å². The highest BCUT2D eigenvalue weighted by Gasteiger charge is 2.30. The van der Waals surface area contributed by atoms with E-state index in [1.165, 1.54) is 4.57 Å². The molecule has 4 rings (SSSR count). The molecule has 32 heavy (non-hydrogen) atoms. The van der Waals surface area contributed by atoms with E-state index in [1.807, 2.05) is 13.0 Å². The molecule has 1 aliphatic rings. The molecule has 0 aliphatic carbocycles. The van der Waals surface area contributed by atoms with E-state index in [-0.39, 0.29) is 24.1 Å². The van der Waals surface area contributed by atoms with Crippen LogP contribution in [0.4, 0.5) is 16.0 Å². The Balaban J connectivity index is 1.49. The Bertz CT molecular complexity index is 1240. The lowest BCUT2D eigenvalue weighted by Gasteiger charge is -2.16. The van der Waals surface area contributed by atoms with Gasteiger partial charge in [0.2, 0.25) is 5.91 Å². The predicted octanol–water partition coefficient (Wildman–Crippen LogP) is 2.39. The van der Waals surface area contributed by atoms with Gasteiger partial charge in [0.05, 0.1) is 0 Å². The molecule has 3 heterocycles. The fraction of sp³-hybridized carbons (Fsp3) is 0.304. The number of nitrogen functional groups attached to an aromatic ring is 1. The first-order chi connectivity index (χ1) is 15.3. The monoisotopic (exact) mass is 436 g/mol. The Hall–Kier alpha value is -3.75. The Labute approximate surface area is 184 Å². The van der Waals surface area contributed by atoms with Crippen LogP contribution in [0.1, 0.15) is 40.5 Å². The minimum Gasteiger partial charge on any atom is -0.384 e. The number of pyridine rings is 1. The van der Waals surface area contributed by atoms with Crippen LogP contribution in [0.3, 0.4) is 0 Å². The summed E-state index contributed by atoms with van der Waals surface area (Å²) in [5.74, 6) is -0.0465. The number of carbonyl (C=O) groups excluding carboxylic acids is 1. The zero-order valence-electron chi connectivity index (χ0n) is 18.0. The second kappa shape index (κ2) is 8.78. The van der Waals surface area contributed by atoms with Crippen molar-refractivity contribution in [2.24, 2.45) is 0 Å². The molecule has 8 nitrogen and oxygen atoms in total. The number of nitrogens with two attached hydrogens (primary N) is 1. The summed E-state index contributed by atoms with van der Waals surface area (Å²) in [6.07, 6.45) is 2.69. The van der Waals surface area contributed by atoms with Gasteiger partial charge in [0.25, 0.3) is 5.56 Å². The van der Waals surface area contributed by atoms with Gasteiger partial charge in [0.15, 0.2) is 5.82 Å². The van der Waals surface area contributed by atoms with Crippen LogP contribution in [-0.4, -0.2) is 20.4 Å². The molecule has 0 unspecified atom stereocenters. The molecule has 0 spiro atoms. The fourth-order valence-corrected chi connectivity index (χ4v) is 3.93. The average molecular weight is 436 g/mol. The predicted molar refractivity (Wildman–Crippen MR) is 120 cm³/mol. The molecule has 0 fully saturated rings. The summed E-state index contributed by atoms with van der Waals surface area (Å²) in [5, 5.41) is 5.81. The minimum absolute atomic E-state index is 0.0907. The smallest absolute Gasteiger partial charge is 0.294 e. The third kappa shape index (κ3) is 4.18. The number of halogens is 1. The van der Waals surface area contributed by atoms with Gasteiger partial charge in [-0.15, -0.1) is 0 Å². The third-order valence-electron chi connectivity index (χ3n) is 5.75. The number of fused-ring (bicyclic) bond motifs is 1. The number of amides is 1. The lowest BCUT2D eigenvalue weighted by atomic mass is 10.1. The van der Waals surface area contributed by atoms with E-state index in [9.17, 15) is 14.0 Å². The van der Waals surface area contributed by atoms with Gasteiger partial charge in [-0.05, 0) is 43.9 Å². The summed E-state index contributed by atoms with van der Waals surface area (Å²) in [5.41, 5.74) is 8.56. The second-order valence-corrected chi connectivity index (χ2v) is 7.93. The first-order valence-corrected chi connectivity index (χ1v) is 10.4. The normalized spacial score (nSPS) is 14.8. The summed E-state index contributed by atoms with van der Waals surface area (Å²) in [6.45, 7) is 3.93. The summed E-state index contributed by atoms with van der Waals surface area (Å²) in [4.78, 5) is 34.3. The molecule has 0 radical (unpaired) electrons. The van der Waals surface area contributed by atoms with Crippen LogP contribution in [0.15, 0.2) is 41.3 Å². The van der Waals surface area contributed by atoms with Crippen LogP contribution < -0.4 is 21.9 Å². The van der Waals surface area contributed by atoms with Crippen molar-refractivity contribution in [1.29, 1.82) is 0 Å². The number of hydrogen-bond donors (Lipinski definition) is 3. The molecule has 1 amide bonds. The Kier molecular flexibility index (Phi) is 5.89. The van der Waals surface area contributed by atoms with Gasteiger partial charge >= 0.3 is 0 Å². The number of benzene rings is 1. The van der Waals surface area contributed by atoms with Crippen molar-refractivity contribution in [2.45, 2.75) is 45.8 Å². The summed E-state index contributed by atoms with van der Waals surface area (Å²) < 4.78 is 15.7. The number of carbonyl (C=O) groups is 1. The number of hydrogen-bond acceptors (Lipinski definition) is 6. The maximum Gasteiger partial charge on any atom is 0.294 e. The van der Waals surface area contributed by atoms with Gasteiger partial charge in [0, 0.05) is 36.2 Å². The summed E-state index contributed by atoms with van der Waals surface area (Å²) >= 11 is 0. The quantitative estimate of drug-likeness (QED) is 0.547. The van der Waals surface area contributed by atoms with Gasteiger partial charge in [-0.3, -0.25) is 14.2 Å². The molecule has 166 valence electrons. The maximum absolute atomic E-state index is 14.3. The molecule has 0 saturated carbocycles. The largest absolute Gasteiger partial charge is 0.384 e. The van der Waals surface area contributed by atoms with Crippen LogP contribution in [0.25, 0.3) is 0 Å². The first kappa shape index (κ1) is 21.5. The zero-order valence-corrected chi connectivity index (χ0v) is 18.0. The van der Waals surface area contributed by atoms with Gasteiger partial charge in [0.1, 0.15) is 17.7 Å². The number of aryl methyl sites for hydroxylation is 3. The van der Waals surface area contributed by atoms with Crippen LogP contribution >= 0.6 is 0 Å². The van der Waals surface area contributed by atoms with Crippen LogP contribution in [0.2, 0.25) is 0 Å². The number of anilines is 2. The highest BCUT2D eigenvalue weighted by Crippen LogP contribution is 2.24. The highest BCUT2D eigenvalue weighted by molar-refractivity contribution is 5.81. The summed E-state index contributed by atoms with van der Waals surface area (Å²) in [6, 6.07) is 7.99. The molecule has 1 aromatic carbocycles. The molecule has 3 aromatic rings. The molecular weight excluding hydrogens is 411 g/mol. The van der Waals surface area contributed by atoms with E-state index < -0.39 is 11.6 Å². The molecule has 9 heteroatoms. The molecule has 0 saturated heterocycles. The van der Waals surface area contributed by atoms with Crippen molar-refractivity contribution in [3.63, 3.8) is 0 Å². The van der Waals surface area contributed by atoms with Crippen molar-refractivity contribution < 1.29 is 9.18 Å². The van der Waals surface area contributed by atoms with Gasteiger partial charge in [-0.1, -0.05) is 24.3 Å².